The number of ether oxygens (including phenoxy) is 1. The number of rotatable bonds is 3. The number of carbonyl (C=O) groups is 1. The molecule has 0 unspecified atom stereocenters. The van der Waals surface area contributed by atoms with Crippen molar-refractivity contribution < 1.29 is 9.53 Å². The van der Waals surface area contributed by atoms with Gasteiger partial charge in [-0.05, 0) is 27.2 Å². The third-order valence-corrected chi connectivity index (χ3v) is 1.37. The molecule has 76 valence electrons. The van der Waals surface area contributed by atoms with E-state index in [0.717, 1.165) is 6.42 Å². The van der Waals surface area contributed by atoms with Gasteiger partial charge in [-0.1, -0.05) is 6.08 Å². The van der Waals surface area contributed by atoms with Crippen molar-refractivity contribution in [2.75, 3.05) is 13.6 Å². The van der Waals surface area contributed by atoms with Gasteiger partial charge in [0.1, 0.15) is 5.60 Å². The topological polar surface area (TPSA) is 29.5 Å². The molecule has 0 aromatic heterocycles. The first-order chi connectivity index (χ1) is 5.87. The number of hydrogen-bond donors (Lipinski definition) is 0. The molecule has 0 aromatic carbocycles. The molecule has 0 spiro atoms. The molecule has 3 nitrogen and oxygen atoms in total. The van der Waals surface area contributed by atoms with E-state index in [1.54, 1.807) is 18.0 Å². The third-order valence-electron chi connectivity index (χ3n) is 1.37. The molecule has 13 heavy (non-hydrogen) atoms. The SMILES string of the molecule is C=CCCN(C)C(=O)OC(C)(C)C. The van der Waals surface area contributed by atoms with E-state index in [9.17, 15) is 4.79 Å². The first-order valence-electron chi connectivity index (χ1n) is 4.42. The van der Waals surface area contributed by atoms with Crippen LogP contribution >= 0.6 is 0 Å². The molecular formula is C10H19NO2. The molecular weight excluding hydrogens is 166 g/mol. The highest BCUT2D eigenvalue weighted by atomic mass is 16.6. The molecule has 0 aliphatic heterocycles. The highest BCUT2D eigenvalue weighted by Gasteiger charge is 2.18. The van der Waals surface area contributed by atoms with Crippen LogP contribution in [0.5, 0.6) is 0 Å². The monoisotopic (exact) mass is 185 g/mol. The molecule has 0 saturated carbocycles. The summed E-state index contributed by atoms with van der Waals surface area (Å²) in [7, 11) is 1.72. The average Bonchev–Trinajstić information content (AvgIpc) is 1.96. The quantitative estimate of drug-likeness (QED) is 0.632. The minimum absolute atomic E-state index is 0.283. The summed E-state index contributed by atoms with van der Waals surface area (Å²) in [6.07, 6.45) is 2.28. The molecule has 3 heteroatoms. The van der Waals surface area contributed by atoms with E-state index in [-0.39, 0.29) is 6.09 Å². The molecule has 0 bridgehead atoms. The molecule has 1 amide bonds. The molecule has 0 aliphatic rings. The molecule has 0 atom stereocenters. The lowest BCUT2D eigenvalue weighted by atomic mass is 10.2. The second-order valence-corrected chi connectivity index (χ2v) is 3.98. The van der Waals surface area contributed by atoms with Gasteiger partial charge in [0.25, 0.3) is 0 Å². The van der Waals surface area contributed by atoms with Crippen molar-refractivity contribution >= 4 is 6.09 Å². The maximum Gasteiger partial charge on any atom is 0.410 e. The Morgan fingerprint density at radius 2 is 2.08 bits per heavy atom. The van der Waals surface area contributed by atoms with Crippen LogP contribution in [0.15, 0.2) is 12.7 Å². The average molecular weight is 185 g/mol. The summed E-state index contributed by atoms with van der Waals surface area (Å²) in [6.45, 7) is 9.80. The van der Waals surface area contributed by atoms with Crippen LogP contribution in [-0.4, -0.2) is 30.2 Å². The van der Waals surface area contributed by atoms with E-state index < -0.39 is 5.60 Å². The minimum Gasteiger partial charge on any atom is -0.444 e. The van der Waals surface area contributed by atoms with Crippen LogP contribution in [0.25, 0.3) is 0 Å². The van der Waals surface area contributed by atoms with Gasteiger partial charge in [-0.25, -0.2) is 4.79 Å². The minimum atomic E-state index is -0.417. The van der Waals surface area contributed by atoms with Crippen molar-refractivity contribution in [2.45, 2.75) is 32.8 Å². The Hall–Kier alpha value is -0.990. The van der Waals surface area contributed by atoms with Crippen LogP contribution in [0.3, 0.4) is 0 Å². The highest BCUT2D eigenvalue weighted by Crippen LogP contribution is 2.08. The Kier molecular flexibility index (Phi) is 4.52. The molecule has 0 aliphatic carbocycles. The fraction of sp³-hybridized carbons (Fsp3) is 0.700. The van der Waals surface area contributed by atoms with Crippen molar-refractivity contribution in [1.82, 2.24) is 4.90 Å². The second kappa shape index (κ2) is 4.90. The fourth-order valence-electron chi connectivity index (χ4n) is 0.716. The zero-order valence-electron chi connectivity index (χ0n) is 8.96. The maximum atomic E-state index is 11.3. The number of hydrogen-bond acceptors (Lipinski definition) is 2. The van der Waals surface area contributed by atoms with Gasteiger partial charge in [0.15, 0.2) is 0 Å². The van der Waals surface area contributed by atoms with Crippen LogP contribution in [0, 0.1) is 0 Å². The smallest absolute Gasteiger partial charge is 0.410 e. The zero-order valence-corrected chi connectivity index (χ0v) is 8.96. The van der Waals surface area contributed by atoms with E-state index in [0.29, 0.717) is 6.54 Å². The van der Waals surface area contributed by atoms with Gasteiger partial charge in [-0.2, -0.15) is 0 Å². The Bertz CT molecular complexity index is 182. The summed E-state index contributed by atoms with van der Waals surface area (Å²) in [5, 5.41) is 0. The Balaban J connectivity index is 3.89. The summed E-state index contributed by atoms with van der Waals surface area (Å²) in [6, 6.07) is 0. The molecule has 0 rings (SSSR count). The van der Waals surface area contributed by atoms with Gasteiger partial charge < -0.3 is 9.64 Å². The summed E-state index contributed by atoms with van der Waals surface area (Å²) in [5.41, 5.74) is -0.417. The van der Waals surface area contributed by atoms with E-state index >= 15 is 0 Å². The highest BCUT2D eigenvalue weighted by molar-refractivity contribution is 5.67. The van der Waals surface area contributed by atoms with E-state index in [2.05, 4.69) is 6.58 Å². The van der Waals surface area contributed by atoms with Gasteiger partial charge in [-0.3, -0.25) is 0 Å². The number of nitrogens with zero attached hydrogens (tertiary/aromatic N) is 1. The Morgan fingerprint density at radius 3 is 2.46 bits per heavy atom. The van der Waals surface area contributed by atoms with Gasteiger partial charge >= 0.3 is 6.09 Å². The van der Waals surface area contributed by atoms with E-state index in [1.165, 1.54) is 0 Å². The lowest BCUT2D eigenvalue weighted by molar-refractivity contribution is 0.0302. The Morgan fingerprint density at radius 1 is 1.54 bits per heavy atom. The number of carbonyl (C=O) groups excluding carboxylic acids is 1. The lowest BCUT2D eigenvalue weighted by Crippen LogP contribution is -2.34. The van der Waals surface area contributed by atoms with E-state index in [4.69, 9.17) is 4.74 Å². The second-order valence-electron chi connectivity index (χ2n) is 3.98. The standard InChI is InChI=1S/C10H19NO2/c1-6-7-8-11(5)9(12)13-10(2,3)4/h6H,1,7-8H2,2-5H3. The Labute approximate surface area is 80.4 Å². The third kappa shape index (κ3) is 6.20. The molecule has 0 aromatic rings. The van der Waals surface area contributed by atoms with Crippen LogP contribution < -0.4 is 0 Å². The predicted molar refractivity (Wildman–Crippen MR) is 53.7 cm³/mol. The number of amides is 1. The van der Waals surface area contributed by atoms with Gasteiger partial charge in [0.2, 0.25) is 0 Å². The molecule has 0 N–H and O–H groups in total. The van der Waals surface area contributed by atoms with Crippen molar-refractivity contribution in [3.8, 4) is 0 Å². The van der Waals surface area contributed by atoms with Crippen molar-refractivity contribution in [3.05, 3.63) is 12.7 Å². The largest absolute Gasteiger partial charge is 0.444 e. The normalized spacial score (nSPS) is 10.8. The zero-order chi connectivity index (χ0) is 10.5. The lowest BCUT2D eigenvalue weighted by Gasteiger charge is -2.24. The summed E-state index contributed by atoms with van der Waals surface area (Å²) in [5.74, 6) is 0. The molecule has 0 fully saturated rings. The van der Waals surface area contributed by atoms with Crippen molar-refractivity contribution in [1.29, 1.82) is 0 Å². The van der Waals surface area contributed by atoms with Crippen molar-refractivity contribution in [2.24, 2.45) is 0 Å². The van der Waals surface area contributed by atoms with Crippen LogP contribution in [0.1, 0.15) is 27.2 Å². The molecule has 0 saturated heterocycles. The van der Waals surface area contributed by atoms with E-state index in [1.807, 2.05) is 20.8 Å². The first-order valence-corrected chi connectivity index (χ1v) is 4.42. The summed E-state index contributed by atoms with van der Waals surface area (Å²) < 4.78 is 5.15. The van der Waals surface area contributed by atoms with Crippen LogP contribution in [-0.2, 0) is 4.74 Å². The molecule has 0 radical (unpaired) electrons. The van der Waals surface area contributed by atoms with Gasteiger partial charge in [0, 0.05) is 13.6 Å². The molecule has 0 heterocycles. The predicted octanol–water partition coefficient (Wildman–Crippen LogP) is 2.43. The first kappa shape index (κ1) is 12.0. The summed E-state index contributed by atoms with van der Waals surface area (Å²) >= 11 is 0. The fourth-order valence-corrected chi connectivity index (χ4v) is 0.716. The maximum absolute atomic E-state index is 11.3. The van der Waals surface area contributed by atoms with Gasteiger partial charge in [-0.15, -0.1) is 6.58 Å². The summed E-state index contributed by atoms with van der Waals surface area (Å²) in [4.78, 5) is 12.9. The van der Waals surface area contributed by atoms with Crippen molar-refractivity contribution in [3.63, 3.8) is 0 Å². The van der Waals surface area contributed by atoms with Crippen LogP contribution in [0.2, 0.25) is 0 Å². The van der Waals surface area contributed by atoms with Crippen LogP contribution in [0.4, 0.5) is 4.79 Å². The van der Waals surface area contributed by atoms with Gasteiger partial charge in [0.05, 0.1) is 0 Å².